The fourth-order valence-corrected chi connectivity index (χ4v) is 9.43. The van der Waals surface area contributed by atoms with Crippen molar-refractivity contribution in [2.75, 3.05) is 44.0 Å². The maximum Gasteiger partial charge on any atom is 0.255 e. The number of phenolic OH excluding ortho intramolecular Hbond substituents is 1. The summed E-state index contributed by atoms with van der Waals surface area (Å²) in [4.78, 5) is 44.6. The van der Waals surface area contributed by atoms with Gasteiger partial charge in [-0.25, -0.2) is 8.42 Å². The summed E-state index contributed by atoms with van der Waals surface area (Å²) >= 11 is 0. The minimum absolute atomic E-state index is 0.0327. The summed E-state index contributed by atoms with van der Waals surface area (Å²) < 4.78 is 39.6. The van der Waals surface area contributed by atoms with Crippen molar-refractivity contribution in [2.24, 2.45) is 5.73 Å². The Morgan fingerprint density at radius 2 is 1.59 bits per heavy atom. The van der Waals surface area contributed by atoms with Gasteiger partial charge in [-0.3, -0.25) is 19.4 Å². The van der Waals surface area contributed by atoms with Crippen molar-refractivity contribution in [3.63, 3.8) is 0 Å². The standard InChI is InChI=1S/C52H56N6O9S/c1-33-27-40(30-43-48(33)55-31-44(51(53)62)49(43)56-37-13-10-14-38(29-37)66-2)68(64,65)39-15-9-12-35(28-39)52(63)57-36-18-16-34(17-19-36)11-5-8-26-67-25-7-4-3-6-24-54-32-46(60)41-20-22-45(59)50-42(41)21-23-47(61)58-50/h9-10,12-23,27-31,46,54,59-60H,3-8,11,24-26,32H2,1-2H3,(H2,53,62)(H,55,56)(H,57,63)(H,58,61)/t46-/m0/s1. The minimum atomic E-state index is -4.16. The second kappa shape index (κ2) is 22.6. The zero-order valence-corrected chi connectivity index (χ0v) is 38.8. The Labute approximate surface area is 394 Å². The topological polar surface area (TPSA) is 235 Å². The van der Waals surface area contributed by atoms with Gasteiger partial charge in [0.05, 0.1) is 45.3 Å². The second-order valence-electron chi connectivity index (χ2n) is 16.6. The number of methoxy groups -OCH3 is 1. The number of pyridine rings is 2. The Hall–Kier alpha value is -7.11. The van der Waals surface area contributed by atoms with Crippen molar-refractivity contribution in [1.29, 1.82) is 0 Å². The number of H-pyrrole nitrogens is 1. The van der Waals surface area contributed by atoms with Crippen molar-refractivity contribution in [1.82, 2.24) is 15.3 Å². The highest BCUT2D eigenvalue weighted by molar-refractivity contribution is 7.91. The number of phenols is 1. The van der Waals surface area contributed by atoms with Crippen LogP contribution in [0.15, 0.2) is 130 Å². The van der Waals surface area contributed by atoms with Crippen LogP contribution in [-0.2, 0) is 21.0 Å². The van der Waals surface area contributed by atoms with Crippen LogP contribution in [0.4, 0.5) is 17.1 Å². The summed E-state index contributed by atoms with van der Waals surface area (Å²) in [5.41, 5.74) is 10.2. The van der Waals surface area contributed by atoms with E-state index in [-0.39, 0.29) is 32.2 Å². The smallest absolute Gasteiger partial charge is 0.255 e. The number of aromatic nitrogens is 2. The first kappa shape index (κ1) is 48.8. The molecule has 0 unspecified atom stereocenters. The number of nitrogens with two attached hydrogens (primary N) is 1. The number of amides is 2. The first-order valence-corrected chi connectivity index (χ1v) is 24.0. The third-order valence-corrected chi connectivity index (χ3v) is 13.4. The Morgan fingerprint density at radius 1 is 0.824 bits per heavy atom. The Balaban J connectivity index is 0.833. The van der Waals surface area contributed by atoms with E-state index in [0.29, 0.717) is 75.5 Å². The summed E-state index contributed by atoms with van der Waals surface area (Å²) in [6.45, 7) is 4.24. The van der Waals surface area contributed by atoms with Gasteiger partial charge in [0.2, 0.25) is 15.4 Å². The number of aliphatic hydroxyl groups is 1. The van der Waals surface area contributed by atoms with Gasteiger partial charge in [-0.15, -0.1) is 0 Å². The van der Waals surface area contributed by atoms with Crippen LogP contribution in [0.1, 0.15) is 82.0 Å². The lowest BCUT2D eigenvalue weighted by Crippen LogP contribution is -2.22. The van der Waals surface area contributed by atoms with Crippen molar-refractivity contribution < 1.29 is 37.7 Å². The number of aryl methyl sites for hydroxylation is 2. The first-order chi connectivity index (χ1) is 32.8. The molecule has 15 nitrogen and oxygen atoms in total. The van der Waals surface area contributed by atoms with Crippen molar-refractivity contribution in [3.05, 3.63) is 154 Å². The van der Waals surface area contributed by atoms with Crippen LogP contribution in [0, 0.1) is 6.92 Å². The van der Waals surface area contributed by atoms with Gasteiger partial charge in [0.1, 0.15) is 11.5 Å². The first-order valence-electron chi connectivity index (χ1n) is 22.5. The quantitative estimate of drug-likeness (QED) is 0.0301. The van der Waals surface area contributed by atoms with Gasteiger partial charge >= 0.3 is 0 Å². The molecule has 354 valence electrons. The predicted molar refractivity (Wildman–Crippen MR) is 264 cm³/mol. The molecule has 8 N–H and O–H groups in total. The number of carbonyl (C=O) groups excluding carboxylic acids is 2. The molecule has 2 amide bonds. The number of unbranched alkanes of at least 4 members (excludes halogenated alkanes) is 4. The van der Waals surface area contributed by atoms with E-state index in [9.17, 15) is 33.0 Å². The van der Waals surface area contributed by atoms with E-state index >= 15 is 0 Å². The molecule has 7 aromatic rings. The van der Waals surface area contributed by atoms with E-state index in [0.717, 1.165) is 57.1 Å². The molecule has 0 radical (unpaired) electrons. The highest BCUT2D eigenvalue weighted by Gasteiger charge is 2.24. The summed E-state index contributed by atoms with van der Waals surface area (Å²) in [7, 11) is -2.62. The molecule has 0 fully saturated rings. The number of carbonyl (C=O) groups is 2. The van der Waals surface area contributed by atoms with E-state index in [1.54, 1.807) is 49.4 Å². The summed E-state index contributed by atoms with van der Waals surface area (Å²) in [6.07, 6.45) is 7.34. The molecule has 68 heavy (non-hydrogen) atoms. The number of sulfone groups is 1. The SMILES string of the molecule is COc1cccc(Nc2c(C(N)=O)cnc3c(C)cc(S(=O)(=O)c4cccc(C(=O)Nc5ccc(CCCCOCCCCCCNC[C@H](O)c6ccc(O)c7[nH]c(=O)ccc67)cc5)c4)cc23)c1. The Kier molecular flexibility index (Phi) is 16.2. The molecule has 2 aromatic heterocycles. The normalized spacial score (nSPS) is 12.0. The molecule has 0 spiro atoms. The number of benzene rings is 5. The van der Waals surface area contributed by atoms with E-state index in [1.165, 1.54) is 55.8 Å². The van der Waals surface area contributed by atoms with E-state index < -0.39 is 27.8 Å². The number of aromatic amines is 1. The maximum absolute atomic E-state index is 14.2. The van der Waals surface area contributed by atoms with E-state index in [1.807, 2.05) is 24.3 Å². The predicted octanol–water partition coefficient (Wildman–Crippen LogP) is 8.25. The third kappa shape index (κ3) is 12.1. The van der Waals surface area contributed by atoms with Gasteiger partial charge < -0.3 is 46.4 Å². The van der Waals surface area contributed by atoms with Crippen LogP contribution in [0.5, 0.6) is 11.5 Å². The van der Waals surface area contributed by atoms with Gasteiger partial charge in [0.15, 0.2) is 0 Å². The van der Waals surface area contributed by atoms with Gasteiger partial charge in [0, 0.05) is 65.8 Å². The molecule has 1 atom stereocenters. The largest absolute Gasteiger partial charge is 0.506 e. The highest BCUT2D eigenvalue weighted by Crippen LogP contribution is 2.35. The molecule has 0 aliphatic carbocycles. The molecular weight excluding hydrogens is 885 g/mol. The van der Waals surface area contributed by atoms with Crippen molar-refractivity contribution in [2.45, 2.75) is 67.8 Å². The van der Waals surface area contributed by atoms with Crippen LogP contribution in [0.25, 0.3) is 21.8 Å². The number of anilines is 3. The summed E-state index contributed by atoms with van der Waals surface area (Å²) in [5.74, 6) is -0.663. The summed E-state index contributed by atoms with van der Waals surface area (Å²) in [5, 5.41) is 31.2. The monoisotopic (exact) mass is 940 g/mol. The minimum Gasteiger partial charge on any atom is -0.506 e. The Morgan fingerprint density at radius 3 is 2.37 bits per heavy atom. The van der Waals surface area contributed by atoms with Crippen LogP contribution >= 0.6 is 0 Å². The molecule has 0 aliphatic heterocycles. The number of aromatic hydroxyl groups is 1. The average Bonchev–Trinajstić information content (AvgIpc) is 3.33. The molecule has 0 aliphatic rings. The lowest BCUT2D eigenvalue weighted by molar-refractivity contribution is 0.0998. The van der Waals surface area contributed by atoms with Crippen LogP contribution < -0.4 is 32.0 Å². The number of rotatable bonds is 23. The number of fused-ring (bicyclic) bond motifs is 2. The van der Waals surface area contributed by atoms with Gasteiger partial charge in [-0.2, -0.15) is 0 Å². The molecule has 7 rings (SSSR count). The number of hydrogen-bond donors (Lipinski definition) is 7. The zero-order chi connectivity index (χ0) is 48.2. The van der Waals surface area contributed by atoms with E-state index in [4.69, 9.17) is 15.2 Å². The lowest BCUT2D eigenvalue weighted by Gasteiger charge is -2.16. The second-order valence-corrected chi connectivity index (χ2v) is 18.5. The number of hydrogen-bond acceptors (Lipinski definition) is 12. The number of primary amides is 1. The molecule has 16 heteroatoms. The lowest BCUT2D eigenvalue weighted by atomic mass is 10.0. The fraction of sp³-hybridized carbons (Fsp3) is 0.269. The number of nitrogens with one attached hydrogen (secondary N) is 4. The molecule has 2 heterocycles. The van der Waals surface area contributed by atoms with Crippen LogP contribution in [0.2, 0.25) is 0 Å². The number of aliphatic hydroxyl groups excluding tert-OH is 1. The Bertz CT molecular complexity index is 3090. The fourth-order valence-electron chi connectivity index (χ4n) is 8.01. The zero-order valence-electron chi connectivity index (χ0n) is 38.0. The van der Waals surface area contributed by atoms with Gasteiger partial charge in [0.25, 0.3) is 11.8 Å². The number of ether oxygens (including phenoxy) is 2. The maximum atomic E-state index is 14.2. The van der Waals surface area contributed by atoms with Crippen LogP contribution in [0.3, 0.4) is 0 Å². The molecule has 0 bridgehead atoms. The molecule has 0 saturated carbocycles. The summed E-state index contributed by atoms with van der Waals surface area (Å²) in [6, 6.07) is 29.6. The van der Waals surface area contributed by atoms with Crippen LogP contribution in [-0.4, -0.2) is 73.8 Å². The van der Waals surface area contributed by atoms with E-state index in [2.05, 4.69) is 25.9 Å². The van der Waals surface area contributed by atoms with Gasteiger partial charge in [-0.05, 0) is 129 Å². The van der Waals surface area contributed by atoms with Crippen molar-refractivity contribution in [3.8, 4) is 11.5 Å². The third-order valence-electron chi connectivity index (χ3n) is 11.7. The number of nitrogens with zero attached hydrogens (tertiary/aromatic N) is 1. The average molecular weight is 941 g/mol. The molecule has 5 aromatic carbocycles. The van der Waals surface area contributed by atoms with Crippen molar-refractivity contribution >= 4 is 60.5 Å². The molecule has 0 saturated heterocycles. The highest BCUT2D eigenvalue weighted by atomic mass is 32.2. The molecular formula is C52H56N6O9S. The van der Waals surface area contributed by atoms with Gasteiger partial charge in [-0.1, -0.05) is 43.2 Å².